The van der Waals surface area contributed by atoms with Crippen molar-refractivity contribution >= 4 is 33.1 Å². The predicted octanol–water partition coefficient (Wildman–Crippen LogP) is 2.24. The van der Waals surface area contributed by atoms with Crippen LogP contribution in [-0.4, -0.2) is 18.8 Å². The fourth-order valence-electron chi connectivity index (χ4n) is 1.61. The summed E-state index contributed by atoms with van der Waals surface area (Å²) in [4.78, 5) is 26.0. The minimum absolute atomic E-state index is 0.130. The summed E-state index contributed by atoms with van der Waals surface area (Å²) in [5.74, 6) is 1.19. The van der Waals surface area contributed by atoms with Crippen LogP contribution in [0.5, 0.6) is 0 Å². The van der Waals surface area contributed by atoms with E-state index < -0.39 is 16.0 Å². The molecule has 0 saturated heterocycles. The monoisotopic (exact) mass is 342 g/mol. The van der Waals surface area contributed by atoms with Gasteiger partial charge in [0, 0.05) is 23.6 Å². The molecule has 0 aromatic carbocycles. The van der Waals surface area contributed by atoms with Crippen LogP contribution < -0.4 is 5.43 Å². The van der Waals surface area contributed by atoms with Gasteiger partial charge in [-0.15, -0.1) is 0 Å². The largest absolute Gasteiger partial charge is 0.333 e. The van der Waals surface area contributed by atoms with Crippen LogP contribution in [0.15, 0.2) is 21.7 Å². The van der Waals surface area contributed by atoms with E-state index in [2.05, 4.69) is 25.3 Å². The summed E-state index contributed by atoms with van der Waals surface area (Å²) in [7, 11) is 0. The fraction of sp³-hybridized carbons (Fsp3) is 0.300. The lowest BCUT2D eigenvalue weighted by Crippen LogP contribution is -2.12. The molecule has 9 heteroatoms. The number of pyridine rings is 1. The average Bonchev–Trinajstić information content (AvgIpc) is 3.10. The molecule has 7 nitrogen and oxygen atoms in total. The van der Waals surface area contributed by atoms with Crippen molar-refractivity contribution in [1.29, 1.82) is 0 Å². The Balaban J connectivity index is 2.08. The van der Waals surface area contributed by atoms with E-state index in [-0.39, 0.29) is 4.47 Å². The zero-order chi connectivity index (χ0) is 13.6. The lowest BCUT2D eigenvalue weighted by Gasteiger charge is -2.01. The Labute approximate surface area is 119 Å². The third kappa shape index (κ3) is 2.30. The molecule has 0 amide bonds. The number of aromatic nitrogens is 3. The van der Waals surface area contributed by atoms with Gasteiger partial charge in [0.15, 0.2) is 0 Å². The molecule has 0 spiro atoms. The van der Waals surface area contributed by atoms with Crippen LogP contribution in [0.1, 0.15) is 24.6 Å². The zero-order valence-corrected chi connectivity index (χ0v) is 11.8. The molecule has 19 heavy (non-hydrogen) atoms. The molecule has 2 aromatic heterocycles. The van der Waals surface area contributed by atoms with Gasteiger partial charge in [-0.1, -0.05) is 0 Å². The molecule has 1 saturated carbocycles. The summed E-state index contributed by atoms with van der Waals surface area (Å²) in [5.41, 5.74) is -1.13. The van der Waals surface area contributed by atoms with Crippen molar-refractivity contribution in [2.45, 2.75) is 18.8 Å². The lowest BCUT2D eigenvalue weighted by atomic mass is 10.4. The lowest BCUT2D eigenvalue weighted by molar-refractivity contribution is -0.386. The van der Waals surface area contributed by atoms with Crippen LogP contribution in [-0.2, 0) is 0 Å². The molecule has 0 unspecified atom stereocenters. The maximum atomic E-state index is 11.6. The van der Waals surface area contributed by atoms with Gasteiger partial charge in [-0.05, 0) is 28.8 Å². The summed E-state index contributed by atoms with van der Waals surface area (Å²) in [6.07, 6.45) is 4.81. The number of hydrogen-bond donors (Lipinski definition) is 0. The molecule has 1 aliphatic rings. The molecule has 0 aliphatic heterocycles. The quantitative estimate of drug-likeness (QED) is 0.630. The second-order valence-electron chi connectivity index (χ2n) is 4.19. The first-order valence-corrected chi connectivity index (χ1v) is 7.03. The number of nitrogens with zero attached hydrogens (tertiary/aromatic N) is 4. The highest BCUT2D eigenvalue weighted by Gasteiger charge is 2.28. The average molecular weight is 343 g/mol. The molecule has 3 rings (SSSR count). The molecule has 0 atom stereocenters. The normalized spacial score (nSPS) is 14.6. The zero-order valence-electron chi connectivity index (χ0n) is 9.45. The summed E-state index contributed by atoms with van der Waals surface area (Å²) in [5, 5.41) is 11.3. The Kier molecular flexibility index (Phi) is 2.94. The number of halogens is 1. The molecule has 0 radical (unpaired) electrons. The van der Waals surface area contributed by atoms with Crippen molar-refractivity contribution in [1.82, 2.24) is 13.9 Å². The number of nitro groups is 1. The van der Waals surface area contributed by atoms with Gasteiger partial charge < -0.3 is 0 Å². The van der Waals surface area contributed by atoms with Gasteiger partial charge in [0.25, 0.3) is 5.43 Å². The van der Waals surface area contributed by atoms with Gasteiger partial charge >= 0.3 is 5.69 Å². The first-order chi connectivity index (χ1) is 9.06. The fourth-order valence-corrected chi connectivity index (χ4v) is 2.73. The van der Waals surface area contributed by atoms with Crippen molar-refractivity contribution in [2.75, 3.05) is 0 Å². The van der Waals surface area contributed by atoms with E-state index in [0.29, 0.717) is 11.0 Å². The minimum atomic E-state index is -0.702. The van der Waals surface area contributed by atoms with Gasteiger partial charge in [-0.25, -0.2) is 4.98 Å². The highest BCUT2D eigenvalue weighted by Crippen LogP contribution is 2.39. The van der Waals surface area contributed by atoms with Crippen molar-refractivity contribution in [3.8, 4) is 5.13 Å². The standard InChI is InChI=1S/C10H7BrN4O3S/c11-6-3-14(4-7(8(6)16)15(17)18)10-12-9(13-19-10)5-1-2-5/h3-5H,1-2H2. The van der Waals surface area contributed by atoms with Crippen molar-refractivity contribution < 1.29 is 4.92 Å². The van der Waals surface area contributed by atoms with E-state index in [4.69, 9.17) is 0 Å². The summed E-state index contributed by atoms with van der Waals surface area (Å²) >= 11 is 4.19. The van der Waals surface area contributed by atoms with Gasteiger partial charge in [0.05, 0.1) is 15.6 Å². The Morgan fingerprint density at radius 3 is 2.84 bits per heavy atom. The van der Waals surface area contributed by atoms with Crippen LogP contribution in [0.3, 0.4) is 0 Å². The molecule has 0 bridgehead atoms. The van der Waals surface area contributed by atoms with E-state index >= 15 is 0 Å². The highest BCUT2D eigenvalue weighted by molar-refractivity contribution is 9.10. The van der Waals surface area contributed by atoms with Crippen LogP contribution in [0.4, 0.5) is 5.69 Å². The van der Waals surface area contributed by atoms with Gasteiger partial charge in [-0.3, -0.25) is 19.5 Å². The highest BCUT2D eigenvalue weighted by atomic mass is 79.9. The topological polar surface area (TPSA) is 90.9 Å². The van der Waals surface area contributed by atoms with Gasteiger partial charge in [-0.2, -0.15) is 4.37 Å². The number of hydrogen-bond acceptors (Lipinski definition) is 6. The predicted molar refractivity (Wildman–Crippen MR) is 71.8 cm³/mol. The SMILES string of the molecule is O=c1c(Br)cn(-c2nc(C3CC3)ns2)cc1[N+](=O)[O-]. The molecule has 2 heterocycles. The molecule has 2 aromatic rings. The van der Waals surface area contributed by atoms with Crippen LogP contribution in [0.2, 0.25) is 0 Å². The van der Waals surface area contributed by atoms with Crippen molar-refractivity contribution in [3.05, 3.63) is 43.0 Å². The second kappa shape index (κ2) is 4.49. The van der Waals surface area contributed by atoms with E-state index in [9.17, 15) is 14.9 Å². The minimum Gasteiger partial charge on any atom is -0.290 e. The third-order valence-electron chi connectivity index (χ3n) is 2.75. The Hall–Kier alpha value is -1.61. The first-order valence-electron chi connectivity index (χ1n) is 5.46. The smallest absolute Gasteiger partial charge is 0.290 e. The first kappa shape index (κ1) is 12.4. The maximum Gasteiger partial charge on any atom is 0.333 e. The van der Waals surface area contributed by atoms with Crippen LogP contribution in [0, 0.1) is 10.1 Å². The van der Waals surface area contributed by atoms with Crippen LogP contribution >= 0.6 is 27.5 Å². The molecule has 1 fully saturated rings. The molecular formula is C10H7BrN4O3S. The van der Waals surface area contributed by atoms with E-state index in [0.717, 1.165) is 30.2 Å². The summed E-state index contributed by atoms with van der Waals surface area (Å²) < 4.78 is 5.81. The van der Waals surface area contributed by atoms with Crippen molar-refractivity contribution in [3.63, 3.8) is 0 Å². The second-order valence-corrected chi connectivity index (χ2v) is 5.78. The molecular weight excluding hydrogens is 336 g/mol. The number of rotatable bonds is 3. The van der Waals surface area contributed by atoms with Gasteiger partial charge in [0.1, 0.15) is 5.82 Å². The maximum absolute atomic E-state index is 11.6. The Morgan fingerprint density at radius 1 is 1.47 bits per heavy atom. The van der Waals surface area contributed by atoms with Crippen LogP contribution in [0.25, 0.3) is 5.13 Å². The Morgan fingerprint density at radius 2 is 2.21 bits per heavy atom. The van der Waals surface area contributed by atoms with Gasteiger partial charge in [0.2, 0.25) is 5.13 Å². The van der Waals surface area contributed by atoms with Crippen molar-refractivity contribution in [2.24, 2.45) is 0 Å². The summed E-state index contributed by atoms with van der Waals surface area (Å²) in [6, 6.07) is 0. The van der Waals surface area contributed by atoms with E-state index in [1.807, 2.05) is 0 Å². The molecule has 0 N–H and O–H groups in total. The molecule has 98 valence electrons. The third-order valence-corrected chi connectivity index (χ3v) is 4.06. The Bertz CT molecular complexity index is 722. The van der Waals surface area contributed by atoms with E-state index in [1.54, 1.807) is 0 Å². The van der Waals surface area contributed by atoms with E-state index in [1.165, 1.54) is 17.0 Å². The summed E-state index contributed by atoms with van der Waals surface area (Å²) in [6.45, 7) is 0. The molecule has 1 aliphatic carbocycles.